The SMILES string of the molecule is C[C@@H](Sc1nc2cc(Cl)ccc2c(=O)n1Cc1ccccc1)C(=O)NCc1ccc2c(c1)OCO2. The van der Waals surface area contributed by atoms with Crippen molar-refractivity contribution in [3.8, 4) is 11.5 Å². The highest BCUT2D eigenvalue weighted by molar-refractivity contribution is 8.00. The smallest absolute Gasteiger partial charge is 0.262 e. The number of amides is 1. The number of halogens is 1. The van der Waals surface area contributed by atoms with Gasteiger partial charge in [0.05, 0.1) is 22.7 Å². The maximum Gasteiger partial charge on any atom is 0.262 e. The van der Waals surface area contributed by atoms with E-state index in [4.69, 9.17) is 26.1 Å². The van der Waals surface area contributed by atoms with E-state index in [0.29, 0.717) is 45.7 Å². The summed E-state index contributed by atoms with van der Waals surface area (Å²) in [7, 11) is 0. The van der Waals surface area contributed by atoms with Gasteiger partial charge in [0.1, 0.15) is 0 Å². The number of fused-ring (bicyclic) bond motifs is 2. The molecule has 0 spiro atoms. The van der Waals surface area contributed by atoms with Crippen molar-refractivity contribution < 1.29 is 14.3 Å². The third-order valence-electron chi connectivity index (χ3n) is 5.62. The largest absolute Gasteiger partial charge is 0.454 e. The number of hydrogen-bond donors (Lipinski definition) is 1. The van der Waals surface area contributed by atoms with Crippen molar-refractivity contribution in [2.45, 2.75) is 30.4 Å². The number of carbonyl (C=O) groups is 1. The van der Waals surface area contributed by atoms with Gasteiger partial charge in [0.25, 0.3) is 5.56 Å². The fourth-order valence-electron chi connectivity index (χ4n) is 3.76. The lowest BCUT2D eigenvalue weighted by Crippen LogP contribution is -2.31. The van der Waals surface area contributed by atoms with Crippen molar-refractivity contribution >= 4 is 40.2 Å². The van der Waals surface area contributed by atoms with E-state index in [1.807, 2.05) is 48.5 Å². The molecule has 5 rings (SSSR count). The predicted molar refractivity (Wildman–Crippen MR) is 136 cm³/mol. The summed E-state index contributed by atoms with van der Waals surface area (Å²) >= 11 is 7.39. The second-order valence-corrected chi connectivity index (χ2v) is 9.84. The number of thioether (sulfide) groups is 1. The fraction of sp³-hybridized carbons (Fsp3) is 0.192. The Morgan fingerprint density at radius 3 is 2.71 bits per heavy atom. The number of ether oxygens (including phenoxy) is 2. The molecule has 178 valence electrons. The molecule has 0 saturated heterocycles. The number of aromatic nitrogens is 2. The van der Waals surface area contributed by atoms with Crippen LogP contribution in [0.2, 0.25) is 5.02 Å². The summed E-state index contributed by atoms with van der Waals surface area (Å²) in [6.07, 6.45) is 0. The Morgan fingerprint density at radius 1 is 1.09 bits per heavy atom. The minimum Gasteiger partial charge on any atom is -0.454 e. The van der Waals surface area contributed by atoms with E-state index in [-0.39, 0.29) is 18.3 Å². The lowest BCUT2D eigenvalue weighted by Gasteiger charge is -2.17. The van der Waals surface area contributed by atoms with Crippen LogP contribution < -0.4 is 20.3 Å². The molecule has 0 aliphatic carbocycles. The van der Waals surface area contributed by atoms with E-state index < -0.39 is 5.25 Å². The van der Waals surface area contributed by atoms with Crippen molar-refractivity contribution in [1.29, 1.82) is 0 Å². The highest BCUT2D eigenvalue weighted by Crippen LogP contribution is 2.32. The molecule has 0 unspecified atom stereocenters. The van der Waals surface area contributed by atoms with Crippen molar-refractivity contribution in [3.05, 3.63) is 93.2 Å². The van der Waals surface area contributed by atoms with Crippen LogP contribution in [0.4, 0.5) is 0 Å². The molecule has 7 nitrogen and oxygen atoms in total. The van der Waals surface area contributed by atoms with Gasteiger partial charge in [0, 0.05) is 11.6 Å². The third kappa shape index (κ3) is 5.13. The Morgan fingerprint density at radius 2 is 1.89 bits per heavy atom. The van der Waals surface area contributed by atoms with Crippen LogP contribution in [0.5, 0.6) is 11.5 Å². The average Bonchev–Trinajstić information content (AvgIpc) is 3.33. The van der Waals surface area contributed by atoms with Crippen LogP contribution >= 0.6 is 23.4 Å². The molecule has 4 aromatic rings. The molecule has 3 aromatic carbocycles. The summed E-state index contributed by atoms with van der Waals surface area (Å²) < 4.78 is 12.3. The van der Waals surface area contributed by atoms with E-state index in [1.165, 1.54) is 11.8 Å². The molecule has 1 N–H and O–H groups in total. The molecule has 9 heteroatoms. The Kier molecular flexibility index (Phi) is 6.66. The zero-order valence-electron chi connectivity index (χ0n) is 18.9. The lowest BCUT2D eigenvalue weighted by atomic mass is 10.2. The summed E-state index contributed by atoms with van der Waals surface area (Å²) in [5, 5.41) is 3.89. The summed E-state index contributed by atoms with van der Waals surface area (Å²) in [4.78, 5) is 31.0. The van der Waals surface area contributed by atoms with Gasteiger partial charge in [-0.2, -0.15) is 0 Å². The van der Waals surface area contributed by atoms with Gasteiger partial charge < -0.3 is 14.8 Å². The molecule has 35 heavy (non-hydrogen) atoms. The summed E-state index contributed by atoms with van der Waals surface area (Å²) in [6.45, 7) is 2.69. The number of benzene rings is 3. The first kappa shape index (κ1) is 23.3. The zero-order valence-corrected chi connectivity index (χ0v) is 20.4. The first-order valence-electron chi connectivity index (χ1n) is 11.0. The topological polar surface area (TPSA) is 82.5 Å². The molecule has 2 heterocycles. The Bertz CT molecular complexity index is 1460. The standard InChI is InChI=1S/C26H22ClN3O4S/c1-16(24(31)28-13-18-7-10-22-23(11-18)34-15-33-22)35-26-29-21-12-19(27)8-9-20(21)25(32)30(26)14-17-5-3-2-4-6-17/h2-12,16H,13-15H2,1H3,(H,28,31)/t16-/m1/s1. The van der Waals surface area contributed by atoms with Gasteiger partial charge in [0.2, 0.25) is 12.7 Å². The van der Waals surface area contributed by atoms with E-state index in [0.717, 1.165) is 11.1 Å². The number of rotatable bonds is 7. The molecule has 0 radical (unpaired) electrons. The fourth-order valence-corrected chi connectivity index (χ4v) is 4.86. The Labute approximate surface area is 211 Å². The monoisotopic (exact) mass is 507 g/mol. The molecule has 1 amide bonds. The van der Waals surface area contributed by atoms with E-state index in [1.54, 1.807) is 29.7 Å². The van der Waals surface area contributed by atoms with E-state index in [9.17, 15) is 9.59 Å². The number of hydrogen-bond acceptors (Lipinski definition) is 6. The first-order chi connectivity index (χ1) is 17.0. The summed E-state index contributed by atoms with van der Waals surface area (Å²) in [5.74, 6) is 1.20. The summed E-state index contributed by atoms with van der Waals surface area (Å²) in [6, 6.07) is 20.3. The molecule has 1 aliphatic heterocycles. The molecular weight excluding hydrogens is 486 g/mol. The van der Waals surface area contributed by atoms with E-state index >= 15 is 0 Å². The van der Waals surface area contributed by atoms with Crippen LogP contribution in [-0.2, 0) is 17.9 Å². The molecule has 1 atom stereocenters. The minimum atomic E-state index is -0.491. The minimum absolute atomic E-state index is 0.167. The predicted octanol–water partition coefficient (Wildman–Crippen LogP) is 4.62. The van der Waals surface area contributed by atoms with Crippen LogP contribution in [0, 0.1) is 0 Å². The average molecular weight is 508 g/mol. The molecule has 0 bridgehead atoms. The van der Waals surface area contributed by atoms with Gasteiger partial charge in [-0.15, -0.1) is 0 Å². The number of carbonyl (C=O) groups excluding carboxylic acids is 1. The van der Waals surface area contributed by atoms with Crippen LogP contribution in [0.15, 0.2) is 76.7 Å². The molecule has 1 aliphatic rings. The van der Waals surface area contributed by atoms with Gasteiger partial charge in [-0.25, -0.2) is 4.98 Å². The summed E-state index contributed by atoms with van der Waals surface area (Å²) in [5.41, 5.74) is 2.19. The lowest BCUT2D eigenvalue weighted by molar-refractivity contribution is -0.120. The second kappa shape index (κ2) is 10.0. The molecule has 0 fully saturated rings. The Hall–Kier alpha value is -3.49. The van der Waals surface area contributed by atoms with Crippen LogP contribution in [-0.4, -0.2) is 27.5 Å². The molecular formula is C26H22ClN3O4S. The third-order valence-corrected chi connectivity index (χ3v) is 6.95. The maximum atomic E-state index is 13.4. The van der Waals surface area contributed by atoms with Gasteiger partial charge >= 0.3 is 0 Å². The van der Waals surface area contributed by atoms with E-state index in [2.05, 4.69) is 5.32 Å². The van der Waals surface area contributed by atoms with Gasteiger partial charge in [0.15, 0.2) is 16.7 Å². The molecule has 0 saturated carbocycles. The van der Waals surface area contributed by atoms with Gasteiger partial charge in [-0.3, -0.25) is 14.2 Å². The van der Waals surface area contributed by atoms with Crippen molar-refractivity contribution in [1.82, 2.24) is 14.9 Å². The number of nitrogens with zero attached hydrogens (tertiary/aromatic N) is 2. The first-order valence-corrected chi connectivity index (χ1v) is 12.3. The van der Waals surface area contributed by atoms with Crippen molar-refractivity contribution in [3.63, 3.8) is 0 Å². The second-order valence-electron chi connectivity index (χ2n) is 8.10. The Balaban J connectivity index is 1.38. The van der Waals surface area contributed by atoms with Crippen molar-refractivity contribution in [2.24, 2.45) is 0 Å². The highest BCUT2D eigenvalue weighted by atomic mass is 35.5. The van der Waals surface area contributed by atoms with Gasteiger partial charge in [-0.05, 0) is 48.4 Å². The van der Waals surface area contributed by atoms with Crippen LogP contribution in [0.1, 0.15) is 18.1 Å². The van der Waals surface area contributed by atoms with Crippen molar-refractivity contribution in [2.75, 3.05) is 6.79 Å². The highest BCUT2D eigenvalue weighted by Gasteiger charge is 2.20. The molecule has 1 aromatic heterocycles. The zero-order chi connectivity index (χ0) is 24.4. The van der Waals surface area contributed by atoms with Crippen LogP contribution in [0.25, 0.3) is 10.9 Å². The van der Waals surface area contributed by atoms with Crippen LogP contribution in [0.3, 0.4) is 0 Å². The maximum absolute atomic E-state index is 13.4. The number of nitrogens with one attached hydrogen (secondary N) is 1. The quantitative estimate of drug-likeness (QED) is 0.290. The van der Waals surface area contributed by atoms with Gasteiger partial charge in [-0.1, -0.05) is 59.8 Å². The normalized spacial score (nSPS) is 13.1.